The normalized spacial score (nSPS) is 26.6. The Hall–Kier alpha value is -4.32. The summed E-state index contributed by atoms with van der Waals surface area (Å²) in [7, 11) is 1.32. The minimum absolute atomic E-state index is 0.0676. The lowest BCUT2D eigenvalue weighted by Gasteiger charge is -2.29. The quantitative estimate of drug-likeness (QED) is 0.310. The van der Waals surface area contributed by atoms with E-state index in [4.69, 9.17) is 10.5 Å². The van der Waals surface area contributed by atoms with Gasteiger partial charge in [0.15, 0.2) is 0 Å². The van der Waals surface area contributed by atoms with Gasteiger partial charge in [-0.2, -0.15) is 0 Å². The first-order valence-corrected chi connectivity index (χ1v) is 10.9. The fourth-order valence-corrected chi connectivity index (χ4v) is 5.51. The maximum atomic E-state index is 13.9. The van der Waals surface area contributed by atoms with E-state index >= 15 is 0 Å². The number of fused-ring (bicyclic) bond motifs is 4. The van der Waals surface area contributed by atoms with Crippen molar-refractivity contribution in [2.24, 2.45) is 17.6 Å². The van der Waals surface area contributed by atoms with Crippen LogP contribution in [0.5, 0.6) is 5.75 Å². The first-order valence-electron chi connectivity index (χ1n) is 10.9. The molecule has 12 heteroatoms. The van der Waals surface area contributed by atoms with E-state index in [0.717, 1.165) is 11.0 Å². The van der Waals surface area contributed by atoms with Crippen molar-refractivity contribution in [2.45, 2.75) is 24.4 Å². The second-order valence-electron chi connectivity index (χ2n) is 8.69. The molecule has 0 unspecified atom stereocenters. The van der Waals surface area contributed by atoms with Gasteiger partial charge in [-0.15, -0.1) is 0 Å². The minimum atomic E-state index is -1.56. The number of nitrogens with one attached hydrogen (secondary N) is 2. The number of primary amides is 1. The zero-order valence-electron chi connectivity index (χ0n) is 18.5. The highest BCUT2D eigenvalue weighted by molar-refractivity contribution is 6.26. The van der Waals surface area contributed by atoms with Crippen molar-refractivity contribution >= 4 is 40.7 Å². The highest BCUT2D eigenvalue weighted by Crippen LogP contribution is 2.54. The number of benzene rings is 2. The van der Waals surface area contributed by atoms with Crippen molar-refractivity contribution in [3.05, 3.63) is 58.1 Å². The summed E-state index contributed by atoms with van der Waals surface area (Å²) in [4.78, 5) is 64.2. The molecule has 3 heterocycles. The van der Waals surface area contributed by atoms with Gasteiger partial charge in [0, 0.05) is 35.8 Å². The van der Waals surface area contributed by atoms with Crippen LogP contribution in [0.15, 0.2) is 42.5 Å². The molecule has 4 amide bonds. The average Bonchev–Trinajstić information content (AvgIpc) is 3.41. The molecule has 0 aliphatic carbocycles. The monoisotopic (exact) mass is 479 g/mol. The molecule has 2 saturated heterocycles. The van der Waals surface area contributed by atoms with Crippen molar-refractivity contribution in [1.82, 2.24) is 5.32 Å². The topological polar surface area (TPSA) is 174 Å². The Morgan fingerprint density at radius 2 is 1.94 bits per heavy atom. The molecule has 0 aromatic heterocycles. The predicted octanol–water partition coefficient (Wildman–Crippen LogP) is 0.794. The van der Waals surface area contributed by atoms with Gasteiger partial charge in [0.05, 0.1) is 23.9 Å². The number of anilines is 2. The molecule has 3 aliphatic heterocycles. The number of ether oxygens (including phenoxy) is 1. The van der Waals surface area contributed by atoms with Gasteiger partial charge in [-0.1, -0.05) is 18.2 Å². The zero-order valence-corrected chi connectivity index (χ0v) is 18.5. The van der Waals surface area contributed by atoms with Crippen LogP contribution in [0.2, 0.25) is 0 Å². The van der Waals surface area contributed by atoms with Crippen LogP contribution >= 0.6 is 0 Å². The number of hydrogen-bond acceptors (Lipinski definition) is 8. The van der Waals surface area contributed by atoms with Gasteiger partial charge in [-0.25, -0.2) is 4.90 Å². The third-order valence-electron chi connectivity index (χ3n) is 6.94. The Kier molecular flexibility index (Phi) is 5.06. The molecule has 180 valence electrons. The van der Waals surface area contributed by atoms with E-state index in [0.29, 0.717) is 11.3 Å². The molecule has 12 nitrogen and oxygen atoms in total. The number of amides is 4. The second kappa shape index (κ2) is 7.87. The molecule has 0 bridgehead atoms. The first kappa shape index (κ1) is 22.5. The summed E-state index contributed by atoms with van der Waals surface area (Å²) in [5, 5.41) is 17.4. The molecule has 35 heavy (non-hydrogen) atoms. The van der Waals surface area contributed by atoms with Crippen LogP contribution < -0.4 is 26.0 Å². The number of para-hydroxylation sites is 1. The van der Waals surface area contributed by atoms with E-state index in [2.05, 4.69) is 10.6 Å². The number of methoxy groups -OCH3 is 1. The van der Waals surface area contributed by atoms with E-state index in [-0.39, 0.29) is 30.0 Å². The molecule has 2 aromatic carbocycles. The number of imide groups is 1. The standard InChI is InChI=1S/C23H21N5O7/c1-35-16-8-6-11(28(33)34)10-15(16)27-20(30)18-14(7-9-17(24)29)26-23(19(18)21(27)31)12-4-2-3-5-13(12)25-22(23)32/h2-6,8,10,14,18-19,26H,7,9H2,1H3,(H2,24,29)(H,25,32)/t14-,18+,19+,23-/m1/s1. The van der Waals surface area contributed by atoms with Crippen molar-refractivity contribution in [3.8, 4) is 5.75 Å². The fourth-order valence-electron chi connectivity index (χ4n) is 5.51. The number of carbonyl (C=O) groups is 4. The lowest BCUT2D eigenvalue weighted by Crippen LogP contribution is -2.53. The molecule has 2 aromatic rings. The molecule has 1 spiro atoms. The smallest absolute Gasteiger partial charge is 0.271 e. The van der Waals surface area contributed by atoms with Crippen molar-refractivity contribution in [2.75, 3.05) is 17.3 Å². The maximum Gasteiger partial charge on any atom is 0.271 e. The van der Waals surface area contributed by atoms with Gasteiger partial charge < -0.3 is 15.8 Å². The van der Waals surface area contributed by atoms with Crippen LogP contribution in [0.1, 0.15) is 18.4 Å². The van der Waals surface area contributed by atoms with Crippen LogP contribution in [0, 0.1) is 22.0 Å². The summed E-state index contributed by atoms with van der Waals surface area (Å²) >= 11 is 0. The summed E-state index contributed by atoms with van der Waals surface area (Å²) in [6.07, 6.45) is 0.0501. The van der Waals surface area contributed by atoms with Crippen LogP contribution in [-0.2, 0) is 24.7 Å². The molecule has 0 saturated carbocycles. The minimum Gasteiger partial charge on any atom is -0.495 e. The molecular formula is C23H21N5O7. The van der Waals surface area contributed by atoms with Crippen molar-refractivity contribution in [3.63, 3.8) is 0 Å². The largest absolute Gasteiger partial charge is 0.495 e. The van der Waals surface area contributed by atoms with E-state index in [1.807, 2.05) is 0 Å². The van der Waals surface area contributed by atoms with Crippen LogP contribution in [0.3, 0.4) is 0 Å². The van der Waals surface area contributed by atoms with Crippen LogP contribution in [0.25, 0.3) is 0 Å². The van der Waals surface area contributed by atoms with E-state index < -0.39 is 52.0 Å². The van der Waals surface area contributed by atoms with Gasteiger partial charge in [0.25, 0.3) is 5.69 Å². The average molecular weight is 479 g/mol. The third kappa shape index (κ3) is 3.10. The van der Waals surface area contributed by atoms with Crippen molar-refractivity contribution in [1.29, 1.82) is 0 Å². The maximum absolute atomic E-state index is 13.9. The molecule has 2 fully saturated rings. The summed E-state index contributed by atoms with van der Waals surface area (Å²) in [6.45, 7) is 0. The number of carbonyl (C=O) groups excluding carboxylic acids is 4. The third-order valence-corrected chi connectivity index (χ3v) is 6.94. The van der Waals surface area contributed by atoms with Gasteiger partial charge in [0.2, 0.25) is 23.6 Å². The van der Waals surface area contributed by atoms with Gasteiger partial charge in [-0.3, -0.25) is 34.6 Å². The molecule has 0 radical (unpaired) electrons. The number of hydrogen-bond donors (Lipinski definition) is 3. The summed E-state index contributed by atoms with van der Waals surface area (Å²) in [6, 6.07) is 9.71. The predicted molar refractivity (Wildman–Crippen MR) is 121 cm³/mol. The molecule has 4 N–H and O–H groups in total. The first-order chi connectivity index (χ1) is 16.7. The Balaban J connectivity index is 1.67. The Morgan fingerprint density at radius 1 is 1.20 bits per heavy atom. The van der Waals surface area contributed by atoms with Gasteiger partial charge in [-0.05, 0) is 18.6 Å². The van der Waals surface area contributed by atoms with E-state index in [1.54, 1.807) is 24.3 Å². The number of nitrogens with two attached hydrogens (primary N) is 1. The number of nitro groups is 1. The highest BCUT2D eigenvalue weighted by atomic mass is 16.6. The van der Waals surface area contributed by atoms with Gasteiger partial charge >= 0.3 is 0 Å². The van der Waals surface area contributed by atoms with E-state index in [1.165, 1.54) is 19.2 Å². The van der Waals surface area contributed by atoms with Crippen molar-refractivity contribution < 1.29 is 28.8 Å². The summed E-state index contributed by atoms with van der Waals surface area (Å²) < 4.78 is 5.29. The summed E-state index contributed by atoms with van der Waals surface area (Å²) in [5.74, 6) is -4.50. The summed E-state index contributed by atoms with van der Waals surface area (Å²) in [5.41, 5.74) is 4.38. The highest BCUT2D eigenvalue weighted by Gasteiger charge is 2.70. The lowest BCUT2D eigenvalue weighted by atomic mass is 9.76. The van der Waals surface area contributed by atoms with Crippen LogP contribution in [-0.4, -0.2) is 41.7 Å². The fraction of sp³-hybridized carbons (Fsp3) is 0.304. The van der Waals surface area contributed by atoms with E-state index in [9.17, 15) is 29.3 Å². The SMILES string of the molecule is COc1ccc([N+](=O)[O-])cc1N1C(=O)[C@@H]2[C@@H](C1=O)[C@@]1(N[C@@H]2CCC(N)=O)C(=O)Nc2ccccc21. The molecule has 3 aliphatic rings. The Morgan fingerprint density at radius 3 is 2.63 bits per heavy atom. The number of rotatable bonds is 6. The second-order valence-corrected chi connectivity index (χ2v) is 8.69. The lowest BCUT2D eigenvalue weighted by molar-refractivity contribution is -0.384. The van der Waals surface area contributed by atoms with Gasteiger partial charge in [0.1, 0.15) is 17.0 Å². The molecular weight excluding hydrogens is 458 g/mol. The number of nitro benzene ring substituents is 1. The Labute approximate surface area is 198 Å². The number of nitrogens with zero attached hydrogens (tertiary/aromatic N) is 2. The Bertz CT molecular complexity index is 1310. The number of non-ortho nitro benzene ring substituents is 1. The zero-order chi connectivity index (χ0) is 25.1. The molecule has 5 rings (SSSR count). The molecule has 4 atom stereocenters. The van der Waals surface area contributed by atoms with Crippen LogP contribution in [0.4, 0.5) is 17.1 Å².